The molecule has 0 bridgehead atoms. The van der Waals surface area contributed by atoms with Crippen molar-refractivity contribution in [2.24, 2.45) is 5.73 Å². The summed E-state index contributed by atoms with van der Waals surface area (Å²) < 4.78 is 0. The van der Waals surface area contributed by atoms with Crippen molar-refractivity contribution >= 4 is 17.7 Å². The van der Waals surface area contributed by atoms with Crippen LogP contribution in [0.15, 0.2) is 12.2 Å². The second-order valence-corrected chi connectivity index (χ2v) is 3.88. The highest BCUT2D eigenvalue weighted by Gasteiger charge is 2.09. The molecule has 0 saturated heterocycles. The fraction of sp³-hybridized carbons (Fsp3) is 0.625. The van der Waals surface area contributed by atoms with Crippen molar-refractivity contribution in [3.8, 4) is 0 Å². The number of carboxylic acid groups (broad SMARTS) is 1. The molecule has 0 unspecified atom stereocenters. The van der Waals surface area contributed by atoms with Gasteiger partial charge in [0.2, 0.25) is 0 Å². The zero-order chi connectivity index (χ0) is 9.56. The Bertz CT molecular complexity index is 170. The third kappa shape index (κ3) is 6.24. The van der Waals surface area contributed by atoms with E-state index in [1.54, 1.807) is 11.8 Å². The highest BCUT2D eigenvalue weighted by molar-refractivity contribution is 7.99. The Morgan fingerprint density at radius 3 is 2.75 bits per heavy atom. The van der Waals surface area contributed by atoms with E-state index in [0.717, 1.165) is 17.7 Å². The van der Waals surface area contributed by atoms with Gasteiger partial charge in [-0.3, -0.25) is 4.79 Å². The maximum atomic E-state index is 10.3. The summed E-state index contributed by atoms with van der Waals surface area (Å²) in [6.07, 6.45) is 0.928. The van der Waals surface area contributed by atoms with Gasteiger partial charge in [0.05, 0.1) is 0 Å². The number of thioether (sulfide) groups is 1. The summed E-state index contributed by atoms with van der Waals surface area (Å²) in [6.45, 7) is 5.70. The minimum absolute atomic E-state index is 0.475. The van der Waals surface area contributed by atoms with E-state index in [2.05, 4.69) is 6.58 Å². The van der Waals surface area contributed by atoms with Crippen LogP contribution < -0.4 is 5.73 Å². The Hall–Kier alpha value is -0.480. The minimum Gasteiger partial charge on any atom is -0.480 e. The van der Waals surface area contributed by atoms with E-state index in [-0.39, 0.29) is 0 Å². The predicted molar refractivity (Wildman–Crippen MR) is 52.4 cm³/mol. The number of aliphatic carboxylic acids is 1. The van der Waals surface area contributed by atoms with Crippen LogP contribution in [0.4, 0.5) is 0 Å². The molecule has 0 fully saturated rings. The molecule has 0 aromatic rings. The van der Waals surface area contributed by atoms with Crippen molar-refractivity contribution in [3.05, 3.63) is 12.2 Å². The minimum atomic E-state index is -0.933. The Kier molecular flexibility index (Phi) is 5.84. The number of rotatable bonds is 6. The van der Waals surface area contributed by atoms with Crippen LogP contribution in [0.25, 0.3) is 0 Å². The van der Waals surface area contributed by atoms with Gasteiger partial charge in [-0.15, -0.1) is 6.58 Å². The van der Waals surface area contributed by atoms with Crippen molar-refractivity contribution < 1.29 is 9.90 Å². The maximum absolute atomic E-state index is 10.3. The first-order valence-corrected chi connectivity index (χ1v) is 4.90. The summed E-state index contributed by atoms with van der Waals surface area (Å²) in [5.41, 5.74) is 6.41. The van der Waals surface area contributed by atoms with Crippen LogP contribution in [-0.4, -0.2) is 28.6 Å². The van der Waals surface area contributed by atoms with Gasteiger partial charge >= 0.3 is 5.97 Å². The number of hydrogen-bond donors (Lipinski definition) is 2. The molecular weight excluding hydrogens is 174 g/mol. The van der Waals surface area contributed by atoms with Crippen molar-refractivity contribution in [2.75, 3.05) is 11.5 Å². The van der Waals surface area contributed by atoms with Gasteiger partial charge in [0, 0.05) is 5.75 Å². The van der Waals surface area contributed by atoms with E-state index in [4.69, 9.17) is 10.8 Å². The molecule has 0 amide bonds. The van der Waals surface area contributed by atoms with Crippen LogP contribution in [0.1, 0.15) is 13.3 Å². The van der Waals surface area contributed by atoms with Gasteiger partial charge in [-0.2, -0.15) is 11.8 Å². The molecule has 0 radical (unpaired) electrons. The largest absolute Gasteiger partial charge is 0.480 e. The molecule has 0 spiro atoms. The third-order valence-electron chi connectivity index (χ3n) is 1.29. The molecule has 0 aromatic carbocycles. The smallest absolute Gasteiger partial charge is 0.321 e. The van der Waals surface area contributed by atoms with Gasteiger partial charge in [-0.25, -0.2) is 0 Å². The number of nitrogens with two attached hydrogens (primary N) is 1. The molecule has 3 nitrogen and oxygen atoms in total. The van der Waals surface area contributed by atoms with Crippen LogP contribution in [0.3, 0.4) is 0 Å². The van der Waals surface area contributed by atoms with E-state index >= 15 is 0 Å². The Morgan fingerprint density at radius 1 is 1.75 bits per heavy atom. The highest BCUT2D eigenvalue weighted by atomic mass is 32.2. The molecule has 70 valence electrons. The molecular formula is C8H15NO2S. The predicted octanol–water partition coefficient (Wildman–Crippen LogP) is 1.10. The van der Waals surface area contributed by atoms with Crippen molar-refractivity contribution in [3.63, 3.8) is 0 Å². The molecule has 1 atom stereocenters. The lowest BCUT2D eigenvalue weighted by Crippen LogP contribution is -2.32. The fourth-order valence-electron chi connectivity index (χ4n) is 0.528. The molecule has 0 aliphatic rings. The summed E-state index contributed by atoms with van der Waals surface area (Å²) in [6, 6.07) is -0.736. The second kappa shape index (κ2) is 6.08. The number of allylic oxidation sites excluding steroid dienone is 1. The van der Waals surface area contributed by atoms with Crippen LogP contribution in [0.2, 0.25) is 0 Å². The average Bonchev–Trinajstić information content (AvgIpc) is 1.97. The van der Waals surface area contributed by atoms with Crippen LogP contribution in [0, 0.1) is 0 Å². The Labute approximate surface area is 77.0 Å². The molecule has 0 aliphatic heterocycles. The maximum Gasteiger partial charge on any atom is 0.321 e. The topological polar surface area (TPSA) is 63.3 Å². The lowest BCUT2D eigenvalue weighted by atomic mass is 10.3. The first kappa shape index (κ1) is 11.5. The van der Waals surface area contributed by atoms with Crippen molar-refractivity contribution in [1.82, 2.24) is 0 Å². The first-order valence-electron chi connectivity index (χ1n) is 3.74. The van der Waals surface area contributed by atoms with Gasteiger partial charge in [-0.1, -0.05) is 5.57 Å². The van der Waals surface area contributed by atoms with E-state index in [9.17, 15) is 4.79 Å². The third-order valence-corrected chi connectivity index (χ3v) is 2.38. The fourth-order valence-corrected chi connectivity index (χ4v) is 1.58. The molecule has 4 heteroatoms. The SMILES string of the molecule is C=C(C)CCSC[C@@H](N)C(=O)O. The number of carbonyl (C=O) groups is 1. The first-order chi connectivity index (χ1) is 5.54. The van der Waals surface area contributed by atoms with E-state index in [1.807, 2.05) is 6.92 Å². The Morgan fingerprint density at radius 2 is 2.33 bits per heavy atom. The summed E-state index contributed by atoms with van der Waals surface area (Å²) in [4.78, 5) is 10.3. The van der Waals surface area contributed by atoms with Gasteiger partial charge in [0.15, 0.2) is 0 Å². The summed E-state index contributed by atoms with van der Waals surface area (Å²) in [5, 5.41) is 8.43. The van der Waals surface area contributed by atoms with Gasteiger partial charge < -0.3 is 10.8 Å². The van der Waals surface area contributed by atoms with E-state index in [1.165, 1.54) is 0 Å². The molecule has 3 N–H and O–H groups in total. The van der Waals surface area contributed by atoms with Crippen molar-refractivity contribution in [1.29, 1.82) is 0 Å². The molecule has 0 saturated carbocycles. The quantitative estimate of drug-likeness (QED) is 0.485. The van der Waals surface area contributed by atoms with Crippen LogP contribution in [-0.2, 0) is 4.79 Å². The monoisotopic (exact) mass is 189 g/mol. The van der Waals surface area contributed by atoms with Gasteiger partial charge in [0.1, 0.15) is 6.04 Å². The van der Waals surface area contributed by atoms with Crippen molar-refractivity contribution in [2.45, 2.75) is 19.4 Å². The summed E-state index contributed by atoms with van der Waals surface area (Å²) in [7, 11) is 0. The number of hydrogen-bond acceptors (Lipinski definition) is 3. The molecule has 0 heterocycles. The Balaban J connectivity index is 3.31. The van der Waals surface area contributed by atoms with E-state index < -0.39 is 12.0 Å². The number of carboxylic acids is 1. The lowest BCUT2D eigenvalue weighted by molar-refractivity contribution is -0.137. The summed E-state index contributed by atoms with van der Waals surface area (Å²) >= 11 is 1.55. The molecule has 0 aromatic heterocycles. The molecule has 0 rings (SSSR count). The normalized spacial score (nSPS) is 12.5. The lowest BCUT2D eigenvalue weighted by Gasteiger charge is -2.05. The standard InChI is InChI=1S/C8H15NO2S/c1-6(2)3-4-12-5-7(9)8(10)11/h7H,1,3-5,9H2,2H3,(H,10,11)/t7-/m1/s1. The van der Waals surface area contributed by atoms with Crippen LogP contribution >= 0.6 is 11.8 Å². The van der Waals surface area contributed by atoms with Crippen LogP contribution in [0.5, 0.6) is 0 Å². The zero-order valence-electron chi connectivity index (χ0n) is 7.25. The second-order valence-electron chi connectivity index (χ2n) is 2.73. The molecule has 0 aliphatic carbocycles. The van der Waals surface area contributed by atoms with Gasteiger partial charge in [0.25, 0.3) is 0 Å². The highest BCUT2D eigenvalue weighted by Crippen LogP contribution is 2.07. The van der Waals surface area contributed by atoms with Gasteiger partial charge in [-0.05, 0) is 19.1 Å². The summed E-state index contributed by atoms with van der Waals surface area (Å²) in [5.74, 6) is 0.441. The average molecular weight is 189 g/mol. The molecule has 12 heavy (non-hydrogen) atoms. The van der Waals surface area contributed by atoms with E-state index in [0.29, 0.717) is 5.75 Å². The zero-order valence-corrected chi connectivity index (χ0v) is 8.06.